The molecule has 0 aliphatic rings. The lowest BCUT2D eigenvalue weighted by atomic mass is 10.1. The highest BCUT2D eigenvalue weighted by Crippen LogP contribution is 2.20. The Bertz CT molecular complexity index is 682. The van der Waals surface area contributed by atoms with Crippen molar-refractivity contribution in [1.82, 2.24) is 0 Å². The van der Waals surface area contributed by atoms with Gasteiger partial charge in [0.2, 0.25) is 0 Å². The Morgan fingerprint density at radius 2 is 1.95 bits per heavy atom. The molecule has 0 atom stereocenters. The minimum absolute atomic E-state index is 0.0326. The third kappa shape index (κ3) is 3.59. The van der Waals surface area contributed by atoms with Gasteiger partial charge < -0.3 is 4.90 Å². The highest BCUT2D eigenvalue weighted by atomic mass is 35.5. The Kier molecular flexibility index (Phi) is 4.91. The van der Waals surface area contributed by atoms with Crippen LogP contribution in [-0.2, 0) is 0 Å². The van der Waals surface area contributed by atoms with Gasteiger partial charge in [0.05, 0.1) is 17.5 Å². The SMILES string of the molecule is N#CCCN(C(=O)c1ccc(Cl)c(F)c1)c1ccccc1. The van der Waals surface area contributed by atoms with E-state index in [2.05, 4.69) is 0 Å². The first-order valence-electron chi connectivity index (χ1n) is 6.32. The number of carbonyl (C=O) groups excluding carboxylic acids is 1. The molecule has 106 valence electrons. The average molecular weight is 303 g/mol. The molecule has 0 aromatic heterocycles. The molecule has 3 nitrogen and oxygen atoms in total. The quantitative estimate of drug-likeness (QED) is 0.855. The molecule has 0 aliphatic carbocycles. The maximum Gasteiger partial charge on any atom is 0.258 e. The molecule has 0 saturated carbocycles. The number of benzene rings is 2. The van der Waals surface area contributed by atoms with Gasteiger partial charge in [0.15, 0.2) is 0 Å². The molecule has 5 heteroatoms. The van der Waals surface area contributed by atoms with Crippen LogP contribution in [-0.4, -0.2) is 12.5 Å². The summed E-state index contributed by atoms with van der Waals surface area (Å²) in [6.07, 6.45) is 0.191. The Labute approximate surface area is 127 Å². The summed E-state index contributed by atoms with van der Waals surface area (Å²) < 4.78 is 13.5. The average Bonchev–Trinajstić information content (AvgIpc) is 2.51. The highest BCUT2D eigenvalue weighted by molar-refractivity contribution is 6.30. The van der Waals surface area contributed by atoms with Crippen LogP contribution in [0.15, 0.2) is 48.5 Å². The number of nitrogens with zero attached hydrogens (tertiary/aromatic N) is 2. The van der Waals surface area contributed by atoms with Crippen LogP contribution in [0.1, 0.15) is 16.8 Å². The number of halogens is 2. The lowest BCUT2D eigenvalue weighted by Gasteiger charge is -2.22. The van der Waals surface area contributed by atoms with Gasteiger partial charge in [-0.2, -0.15) is 5.26 Å². The molecule has 0 heterocycles. The van der Waals surface area contributed by atoms with E-state index in [4.69, 9.17) is 16.9 Å². The second-order valence-corrected chi connectivity index (χ2v) is 4.74. The van der Waals surface area contributed by atoms with Crippen LogP contribution in [0.25, 0.3) is 0 Å². The van der Waals surface area contributed by atoms with Crippen LogP contribution in [0.4, 0.5) is 10.1 Å². The van der Waals surface area contributed by atoms with E-state index >= 15 is 0 Å². The van der Waals surface area contributed by atoms with Gasteiger partial charge in [0, 0.05) is 17.8 Å². The molecule has 0 unspecified atom stereocenters. The fourth-order valence-corrected chi connectivity index (χ4v) is 2.02. The molecule has 0 aliphatic heterocycles. The summed E-state index contributed by atoms with van der Waals surface area (Å²) in [5, 5.41) is 8.70. The van der Waals surface area contributed by atoms with Gasteiger partial charge in [-0.15, -0.1) is 0 Å². The molecule has 0 fully saturated rings. The van der Waals surface area contributed by atoms with E-state index in [1.807, 2.05) is 12.1 Å². The lowest BCUT2D eigenvalue weighted by Crippen LogP contribution is -2.31. The van der Waals surface area contributed by atoms with Crippen LogP contribution in [0, 0.1) is 17.1 Å². The third-order valence-electron chi connectivity index (χ3n) is 2.93. The van der Waals surface area contributed by atoms with Crippen molar-refractivity contribution in [2.75, 3.05) is 11.4 Å². The van der Waals surface area contributed by atoms with Crippen molar-refractivity contribution in [3.8, 4) is 6.07 Å². The highest BCUT2D eigenvalue weighted by Gasteiger charge is 2.18. The zero-order chi connectivity index (χ0) is 15.2. The van der Waals surface area contributed by atoms with Crippen LogP contribution in [0.2, 0.25) is 5.02 Å². The molecular formula is C16H12ClFN2O. The van der Waals surface area contributed by atoms with Gasteiger partial charge in [-0.25, -0.2) is 4.39 Å². The molecule has 2 aromatic carbocycles. The van der Waals surface area contributed by atoms with Crippen LogP contribution < -0.4 is 4.90 Å². The van der Waals surface area contributed by atoms with Crippen molar-refractivity contribution in [2.24, 2.45) is 0 Å². The molecule has 0 spiro atoms. The number of nitriles is 1. The zero-order valence-electron chi connectivity index (χ0n) is 11.1. The molecule has 1 amide bonds. The first kappa shape index (κ1) is 15.0. The summed E-state index contributed by atoms with van der Waals surface area (Å²) >= 11 is 5.62. The van der Waals surface area contributed by atoms with E-state index in [1.54, 1.807) is 24.3 Å². The number of carbonyl (C=O) groups is 1. The standard InChI is InChI=1S/C16H12ClFN2O/c17-14-8-7-12(11-15(14)18)16(21)20(10-4-9-19)13-5-2-1-3-6-13/h1-3,5-8,11H,4,10H2. The van der Waals surface area contributed by atoms with Gasteiger partial charge in [-0.3, -0.25) is 4.79 Å². The largest absolute Gasteiger partial charge is 0.307 e. The maximum absolute atomic E-state index is 13.5. The Hall–Kier alpha value is -2.38. The van der Waals surface area contributed by atoms with Crippen LogP contribution >= 0.6 is 11.6 Å². The Morgan fingerprint density at radius 1 is 1.24 bits per heavy atom. The number of rotatable bonds is 4. The van der Waals surface area contributed by atoms with E-state index in [-0.39, 0.29) is 29.5 Å². The van der Waals surface area contributed by atoms with E-state index in [0.717, 1.165) is 6.07 Å². The summed E-state index contributed by atoms with van der Waals surface area (Å²) in [7, 11) is 0. The summed E-state index contributed by atoms with van der Waals surface area (Å²) in [6, 6.07) is 14.9. The summed E-state index contributed by atoms with van der Waals surface area (Å²) in [5.74, 6) is -1.01. The van der Waals surface area contributed by atoms with Crippen molar-refractivity contribution in [2.45, 2.75) is 6.42 Å². The minimum atomic E-state index is -0.643. The number of anilines is 1. The smallest absolute Gasteiger partial charge is 0.258 e. The van der Waals surface area contributed by atoms with Crippen LogP contribution in [0.3, 0.4) is 0 Å². The zero-order valence-corrected chi connectivity index (χ0v) is 11.8. The van der Waals surface area contributed by atoms with E-state index in [0.29, 0.717) is 5.69 Å². The van der Waals surface area contributed by atoms with Gasteiger partial charge >= 0.3 is 0 Å². The minimum Gasteiger partial charge on any atom is -0.307 e. The molecule has 21 heavy (non-hydrogen) atoms. The number of amides is 1. The summed E-state index contributed by atoms with van der Waals surface area (Å²) in [4.78, 5) is 14.0. The second kappa shape index (κ2) is 6.87. The monoisotopic (exact) mass is 302 g/mol. The first-order chi connectivity index (χ1) is 10.1. The fraction of sp³-hybridized carbons (Fsp3) is 0.125. The van der Waals surface area contributed by atoms with Gasteiger partial charge in [0.25, 0.3) is 5.91 Å². The summed E-state index contributed by atoms with van der Waals surface area (Å²) in [5.41, 5.74) is 0.854. The molecule has 0 radical (unpaired) electrons. The lowest BCUT2D eigenvalue weighted by molar-refractivity contribution is 0.0987. The van der Waals surface area contributed by atoms with E-state index < -0.39 is 5.82 Å². The van der Waals surface area contributed by atoms with Gasteiger partial charge in [-0.1, -0.05) is 29.8 Å². The Balaban J connectivity index is 2.34. The van der Waals surface area contributed by atoms with Crippen molar-refractivity contribution in [3.63, 3.8) is 0 Å². The van der Waals surface area contributed by atoms with E-state index in [9.17, 15) is 9.18 Å². The predicted molar refractivity (Wildman–Crippen MR) is 79.8 cm³/mol. The molecule has 2 rings (SSSR count). The third-order valence-corrected chi connectivity index (χ3v) is 3.23. The summed E-state index contributed by atoms with van der Waals surface area (Å²) in [6.45, 7) is 0.240. The topological polar surface area (TPSA) is 44.1 Å². The molecule has 0 saturated heterocycles. The number of para-hydroxylation sites is 1. The fourth-order valence-electron chi connectivity index (χ4n) is 1.90. The van der Waals surface area contributed by atoms with E-state index in [1.165, 1.54) is 17.0 Å². The maximum atomic E-state index is 13.5. The van der Waals surface area contributed by atoms with Crippen LogP contribution in [0.5, 0.6) is 0 Å². The molecule has 0 bridgehead atoms. The van der Waals surface area contributed by atoms with Crippen molar-refractivity contribution in [1.29, 1.82) is 5.26 Å². The van der Waals surface area contributed by atoms with Gasteiger partial charge in [-0.05, 0) is 30.3 Å². The molecule has 2 aromatic rings. The Morgan fingerprint density at radius 3 is 2.57 bits per heavy atom. The predicted octanol–water partition coefficient (Wildman–Crippen LogP) is 4.04. The number of hydrogen-bond donors (Lipinski definition) is 0. The van der Waals surface area contributed by atoms with Crippen molar-refractivity contribution >= 4 is 23.2 Å². The molecule has 0 N–H and O–H groups in total. The molecular weight excluding hydrogens is 291 g/mol. The van der Waals surface area contributed by atoms with Gasteiger partial charge in [0.1, 0.15) is 5.82 Å². The van der Waals surface area contributed by atoms with Crippen molar-refractivity contribution < 1.29 is 9.18 Å². The first-order valence-corrected chi connectivity index (χ1v) is 6.70. The normalized spacial score (nSPS) is 9.95. The second-order valence-electron chi connectivity index (χ2n) is 4.33. The van der Waals surface area contributed by atoms with Crippen molar-refractivity contribution in [3.05, 3.63) is 64.9 Å². The number of hydrogen-bond acceptors (Lipinski definition) is 2.